The lowest BCUT2D eigenvalue weighted by molar-refractivity contribution is -0.384. The molecule has 0 heterocycles. The molecule has 0 saturated carbocycles. The number of ether oxygens (including phenoxy) is 1. The summed E-state index contributed by atoms with van der Waals surface area (Å²) in [4.78, 5) is 26.8. The first-order chi connectivity index (χ1) is 12.5. The number of nitrogens with zero attached hydrogens (tertiary/aromatic N) is 2. The molecular formula is C18H16N2O6. The molecular weight excluding hydrogens is 340 g/mol. The number of benzene rings is 2. The fourth-order valence-electron chi connectivity index (χ4n) is 2.17. The number of nitro benzene ring substituents is 1. The Morgan fingerprint density at radius 1 is 1.27 bits per heavy atom. The van der Waals surface area contributed by atoms with Crippen molar-refractivity contribution in [3.63, 3.8) is 0 Å². The SMILES string of the molecule is CO/C=C(/C(=O)O)c1ccccc1C=NOCc1cccc([N+](=O)[O-])c1. The highest BCUT2D eigenvalue weighted by Gasteiger charge is 2.14. The first kappa shape index (κ1) is 18.7. The van der Waals surface area contributed by atoms with E-state index in [2.05, 4.69) is 5.16 Å². The molecule has 2 aromatic rings. The summed E-state index contributed by atoms with van der Waals surface area (Å²) in [6.07, 6.45) is 2.51. The molecule has 1 N–H and O–H groups in total. The highest BCUT2D eigenvalue weighted by atomic mass is 16.6. The van der Waals surface area contributed by atoms with Gasteiger partial charge in [-0.15, -0.1) is 0 Å². The van der Waals surface area contributed by atoms with Crippen molar-refractivity contribution in [2.45, 2.75) is 6.61 Å². The first-order valence-electron chi connectivity index (χ1n) is 7.47. The predicted octanol–water partition coefficient (Wildman–Crippen LogP) is 3.22. The molecule has 0 radical (unpaired) electrons. The van der Waals surface area contributed by atoms with Crippen molar-refractivity contribution < 1.29 is 24.4 Å². The zero-order valence-corrected chi connectivity index (χ0v) is 13.9. The third-order valence-corrected chi connectivity index (χ3v) is 3.34. The maximum atomic E-state index is 11.4. The highest BCUT2D eigenvalue weighted by molar-refractivity contribution is 6.17. The molecule has 0 atom stereocenters. The monoisotopic (exact) mass is 356 g/mol. The van der Waals surface area contributed by atoms with E-state index in [4.69, 9.17) is 9.57 Å². The van der Waals surface area contributed by atoms with Gasteiger partial charge in [-0.05, 0) is 5.56 Å². The second-order valence-corrected chi connectivity index (χ2v) is 5.09. The van der Waals surface area contributed by atoms with Gasteiger partial charge in [0, 0.05) is 23.3 Å². The van der Waals surface area contributed by atoms with Crippen molar-refractivity contribution in [1.82, 2.24) is 0 Å². The Kier molecular flexibility index (Phi) is 6.44. The van der Waals surface area contributed by atoms with Crippen LogP contribution in [0.3, 0.4) is 0 Å². The normalized spacial score (nSPS) is 11.3. The number of hydrogen-bond acceptors (Lipinski definition) is 6. The summed E-state index contributed by atoms with van der Waals surface area (Å²) in [5, 5.41) is 23.9. The fraction of sp³-hybridized carbons (Fsp3) is 0.111. The standard InChI is InChI=1S/C18H16N2O6/c1-25-12-17(18(21)22)16-8-3-2-6-14(16)10-19-26-11-13-5-4-7-15(9-13)20(23)24/h2-10,12H,11H2,1H3,(H,21,22)/b17-12+,19-10?. The topological polar surface area (TPSA) is 111 Å². The lowest BCUT2D eigenvalue weighted by atomic mass is 10.0. The predicted molar refractivity (Wildman–Crippen MR) is 94.5 cm³/mol. The second kappa shape index (κ2) is 8.97. The Balaban J connectivity index is 2.12. The minimum absolute atomic E-state index is 0.0202. The Morgan fingerprint density at radius 3 is 2.73 bits per heavy atom. The van der Waals surface area contributed by atoms with E-state index < -0.39 is 10.9 Å². The largest absolute Gasteiger partial charge is 0.503 e. The fourth-order valence-corrected chi connectivity index (χ4v) is 2.17. The Bertz CT molecular complexity index is 860. The van der Waals surface area contributed by atoms with Crippen LogP contribution in [0.5, 0.6) is 0 Å². The van der Waals surface area contributed by atoms with Crippen LogP contribution in [0.2, 0.25) is 0 Å². The van der Waals surface area contributed by atoms with Gasteiger partial charge in [0.25, 0.3) is 5.69 Å². The lowest BCUT2D eigenvalue weighted by Gasteiger charge is -2.06. The molecule has 0 amide bonds. The van der Waals surface area contributed by atoms with Crippen LogP contribution < -0.4 is 0 Å². The van der Waals surface area contributed by atoms with Gasteiger partial charge >= 0.3 is 5.97 Å². The number of rotatable bonds is 8. The molecule has 0 aliphatic carbocycles. The molecule has 0 saturated heterocycles. The summed E-state index contributed by atoms with van der Waals surface area (Å²) >= 11 is 0. The van der Waals surface area contributed by atoms with Gasteiger partial charge in [-0.3, -0.25) is 10.1 Å². The third-order valence-electron chi connectivity index (χ3n) is 3.34. The van der Waals surface area contributed by atoms with E-state index in [1.165, 1.54) is 25.5 Å². The van der Waals surface area contributed by atoms with Crippen LogP contribution in [0, 0.1) is 10.1 Å². The van der Waals surface area contributed by atoms with Crippen LogP contribution in [-0.2, 0) is 21.0 Å². The van der Waals surface area contributed by atoms with Gasteiger partial charge in [0.05, 0.1) is 24.5 Å². The summed E-state index contributed by atoms with van der Waals surface area (Å²) in [5.74, 6) is -1.13. The number of nitro groups is 1. The van der Waals surface area contributed by atoms with Crippen LogP contribution in [0.1, 0.15) is 16.7 Å². The number of hydrogen-bond donors (Lipinski definition) is 1. The van der Waals surface area contributed by atoms with Gasteiger partial charge < -0.3 is 14.7 Å². The molecule has 0 aliphatic heterocycles. The van der Waals surface area contributed by atoms with Crippen molar-refractivity contribution in [1.29, 1.82) is 0 Å². The third kappa shape index (κ3) is 4.91. The molecule has 0 unspecified atom stereocenters. The summed E-state index contributed by atoms with van der Waals surface area (Å²) in [7, 11) is 1.36. The molecule has 26 heavy (non-hydrogen) atoms. The molecule has 2 aromatic carbocycles. The van der Waals surface area contributed by atoms with Gasteiger partial charge in [0.1, 0.15) is 12.2 Å². The van der Waals surface area contributed by atoms with Gasteiger partial charge in [0.15, 0.2) is 0 Å². The Morgan fingerprint density at radius 2 is 2.04 bits per heavy atom. The maximum absolute atomic E-state index is 11.4. The van der Waals surface area contributed by atoms with Gasteiger partial charge in [-0.25, -0.2) is 4.79 Å². The second-order valence-electron chi connectivity index (χ2n) is 5.09. The zero-order chi connectivity index (χ0) is 18.9. The van der Waals surface area contributed by atoms with Crippen LogP contribution in [0.25, 0.3) is 5.57 Å². The quantitative estimate of drug-likeness (QED) is 0.256. The van der Waals surface area contributed by atoms with E-state index in [0.29, 0.717) is 16.7 Å². The van der Waals surface area contributed by atoms with Gasteiger partial charge in [-0.1, -0.05) is 41.6 Å². The van der Waals surface area contributed by atoms with Crippen molar-refractivity contribution in [3.05, 3.63) is 81.6 Å². The average molecular weight is 356 g/mol. The number of carboxylic acids is 1. The van der Waals surface area contributed by atoms with Crippen LogP contribution in [-0.4, -0.2) is 29.3 Å². The minimum Gasteiger partial charge on any atom is -0.503 e. The summed E-state index contributed by atoms with van der Waals surface area (Å²) < 4.78 is 4.82. The number of oxime groups is 1. The van der Waals surface area contributed by atoms with E-state index in [1.54, 1.807) is 36.4 Å². The van der Waals surface area contributed by atoms with E-state index in [-0.39, 0.29) is 17.9 Å². The molecule has 0 spiro atoms. The van der Waals surface area contributed by atoms with Crippen molar-refractivity contribution >= 4 is 23.4 Å². The Labute approximate surface area is 149 Å². The number of carbonyl (C=O) groups is 1. The van der Waals surface area contributed by atoms with Gasteiger partial charge in [0.2, 0.25) is 0 Å². The number of non-ortho nitro benzene ring substituents is 1. The van der Waals surface area contributed by atoms with Crippen molar-refractivity contribution in [3.8, 4) is 0 Å². The van der Waals surface area contributed by atoms with Crippen molar-refractivity contribution in [2.24, 2.45) is 5.16 Å². The molecule has 0 aromatic heterocycles. The number of carboxylic acid groups (broad SMARTS) is 1. The molecule has 0 fully saturated rings. The van der Waals surface area contributed by atoms with E-state index in [9.17, 15) is 20.0 Å². The van der Waals surface area contributed by atoms with E-state index in [0.717, 1.165) is 6.26 Å². The summed E-state index contributed by atoms with van der Waals surface area (Å²) in [6.45, 7) is 0.0417. The zero-order valence-electron chi connectivity index (χ0n) is 13.9. The van der Waals surface area contributed by atoms with Crippen molar-refractivity contribution in [2.75, 3.05) is 7.11 Å². The molecule has 8 nitrogen and oxygen atoms in total. The average Bonchev–Trinajstić information content (AvgIpc) is 2.64. The number of aliphatic carboxylic acids is 1. The highest BCUT2D eigenvalue weighted by Crippen LogP contribution is 2.19. The lowest BCUT2D eigenvalue weighted by Crippen LogP contribution is -2.03. The first-order valence-corrected chi connectivity index (χ1v) is 7.47. The molecule has 0 bridgehead atoms. The van der Waals surface area contributed by atoms with E-state index in [1.807, 2.05) is 0 Å². The maximum Gasteiger partial charge on any atom is 0.339 e. The van der Waals surface area contributed by atoms with E-state index >= 15 is 0 Å². The molecule has 8 heteroatoms. The number of methoxy groups -OCH3 is 1. The van der Waals surface area contributed by atoms with Gasteiger partial charge in [-0.2, -0.15) is 0 Å². The molecule has 2 rings (SSSR count). The van der Waals surface area contributed by atoms with Crippen LogP contribution >= 0.6 is 0 Å². The Hall–Kier alpha value is -3.68. The minimum atomic E-state index is -1.13. The summed E-state index contributed by atoms with van der Waals surface area (Å²) in [6, 6.07) is 12.8. The van der Waals surface area contributed by atoms with Crippen LogP contribution in [0.4, 0.5) is 5.69 Å². The van der Waals surface area contributed by atoms with Crippen LogP contribution in [0.15, 0.2) is 59.9 Å². The molecule has 0 aliphatic rings. The summed E-state index contributed by atoms with van der Waals surface area (Å²) in [5.41, 5.74) is 1.49. The molecule has 134 valence electrons. The smallest absolute Gasteiger partial charge is 0.339 e.